The first kappa shape index (κ1) is 21.5. The molecular weight excluding hydrogens is 431 g/mol. The maximum absolute atomic E-state index is 12.2. The first-order valence-electron chi connectivity index (χ1n) is 8.95. The van der Waals surface area contributed by atoms with Gasteiger partial charge in [-0.15, -0.1) is 10.2 Å². The number of halogens is 2. The van der Waals surface area contributed by atoms with Gasteiger partial charge in [0.1, 0.15) is 12.4 Å². The Balaban J connectivity index is 1.59. The number of hydrogen-bond acceptors (Lipinski definition) is 5. The molecule has 0 spiro atoms. The Bertz CT molecular complexity index is 993. The van der Waals surface area contributed by atoms with Gasteiger partial charge in [-0.05, 0) is 38.1 Å². The number of nitrogens with zero attached hydrogens (tertiary/aromatic N) is 3. The SMILES string of the molecule is CCn1c(COc2cc(Cl)ccc2Cl)nnc1SCC(=O)Nc1ccc(C)cc1. The molecule has 3 aromatic rings. The highest BCUT2D eigenvalue weighted by Gasteiger charge is 2.14. The van der Waals surface area contributed by atoms with Crippen LogP contribution in [0.1, 0.15) is 18.3 Å². The third-order valence-electron chi connectivity index (χ3n) is 4.03. The van der Waals surface area contributed by atoms with Gasteiger partial charge in [0.15, 0.2) is 11.0 Å². The summed E-state index contributed by atoms with van der Waals surface area (Å²) >= 11 is 13.4. The second-order valence-corrected chi connectivity index (χ2v) is 8.00. The summed E-state index contributed by atoms with van der Waals surface area (Å²) in [4.78, 5) is 12.2. The van der Waals surface area contributed by atoms with E-state index in [1.807, 2.05) is 42.7 Å². The smallest absolute Gasteiger partial charge is 0.234 e. The third-order valence-corrected chi connectivity index (χ3v) is 5.54. The van der Waals surface area contributed by atoms with Crippen molar-refractivity contribution in [2.24, 2.45) is 0 Å². The molecule has 6 nitrogen and oxygen atoms in total. The number of nitrogens with one attached hydrogen (secondary N) is 1. The number of rotatable bonds is 8. The largest absolute Gasteiger partial charge is 0.484 e. The molecule has 0 aliphatic heterocycles. The van der Waals surface area contributed by atoms with E-state index < -0.39 is 0 Å². The number of amides is 1. The average Bonchev–Trinajstić information content (AvgIpc) is 3.10. The van der Waals surface area contributed by atoms with Crippen LogP contribution in [0.5, 0.6) is 5.75 Å². The van der Waals surface area contributed by atoms with Gasteiger partial charge in [0.05, 0.1) is 10.8 Å². The average molecular weight is 451 g/mol. The Morgan fingerprint density at radius 1 is 1.17 bits per heavy atom. The molecule has 0 saturated heterocycles. The van der Waals surface area contributed by atoms with E-state index in [1.54, 1.807) is 18.2 Å². The molecule has 0 fully saturated rings. The summed E-state index contributed by atoms with van der Waals surface area (Å²) in [6.07, 6.45) is 0. The summed E-state index contributed by atoms with van der Waals surface area (Å²) in [5, 5.41) is 12.9. The number of carbonyl (C=O) groups is 1. The Hall–Kier alpha value is -2.22. The number of thioether (sulfide) groups is 1. The number of aromatic nitrogens is 3. The lowest BCUT2D eigenvalue weighted by Crippen LogP contribution is -2.15. The minimum absolute atomic E-state index is 0.104. The zero-order chi connectivity index (χ0) is 20.8. The summed E-state index contributed by atoms with van der Waals surface area (Å²) < 4.78 is 7.65. The molecule has 1 aromatic heterocycles. The molecule has 0 unspecified atom stereocenters. The summed E-state index contributed by atoms with van der Waals surface area (Å²) in [5.41, 5.74) is 1.91. The van der Waals surface area contributed by atoms with Crippen LogP contribution in [0.15, 0.2) is 47.6 Å². The Morgan fingerprint density at radius 3 is 2.66 bits per heavy atom. The summed E-state index contributed by atoms with van der Waals surface area (Å²) in [6.45, 7) is 4.82. The zero-order valence-corrected chi connectivity index (χ0v) is 18.3. The topological polar surface area (TPSA) is 69.0 Å². The van der Waals surface area contributed by atoms with Crippen LogP contribution in [-0.2, 0) is 17.9 Å². The van der Waals surface area contributed by atoms with Gasteiger partial charge in [0, 0.05) is 23.3 Å². The van der Waals surface area contributed by atoms with E-state index in [1.165, 1.54) is 11.8 Å². The minimum atomic E-state index is -0.104. The Labute approximate surface area is 183 Å². The van der Waals surface area contributed by atoms with Crippen LogP contribution in [0.2, 0.25) is 10.0 Å². The van der Waals surface area contributed by atoms with E-state index >= 15 is 0 Å². The Morgan fingerprint density at radius 2 is 1.93 bits per heavy atom. The molecule has 1 heterocycles. The van der Waals surface area contributed by atoms with Crippen LogP contribution < -0.4 is 10.1 Å². The van der Waals surface area contributed by atoms with Crippen LogP contribution in [0, 0.1) is 6.92 Å². The number of anilines is 1. The van der Waals surface area contributed by atoms with Crippen LogP contribution in [0.4, 0.5) is 5.69 Å². The molecule has 1 amide bonds. The molecule has 0 saturated carbocycles. The number of carbonyl (C=O) groups excluding carboxylic acids is 1. The van der Waals surface area contributed by atoms with Crippen LogP contribution in [0.25, 0.3) is 0 Å². The zero-order valence-electron chi connectivity index (χ0n) is 16.0. The standard InChI is InChI=1S/C20H20Cl2N4O2S/c1-3-26-18(11-28-17-10-14(21)6-9-16(17)22)24-25-20(26)29-12-19(27)23-15-7-4-13(2)5-8-15/h4-10H,3,11-12H2,1-2H3,(H,23,27). The van der Waals surface area contributed by atoms with Crippen molar-refractivity contribution in [1.82, 2.24) is 14.8 Å². The molecule has 0 aliphatic rings. The van der Waals surface area contributed by atoms with Gasteiger partial charge in [-0.25, -0.2) is 0 Å². The highest BCUT2D eigenvalue weighted by Crippen LogP contribution is 2.28. The number of ether oxygens (including phenoxy) is 1. The molecule has 9 heteroatoms. The van der Waals surface area contributed by atoms with Crippen molar-refractivity contribution in [2.75, 3.05) is 11.1 Å². The summed E-state index contributed by atoms with van der Waals surface area (Å²) in [6, 6.07) is 12.7. The lowest BCUT2D eigenvalue weighted by Gasteiger charge is -2.10. The lowest BCUT2D eigenvalue weighted by molar-refractivity contribution is -0.113. The third kappa shape index (κ3) is 5.88. The molecule has 2 aromatic carbocycles. The van der Waals surface area contributed by atoms with Gasteiger partial charge in [0.2, 0.25) is 5.91 Å². The predicted octanol–water partition coefficient (Wildman–Crippen LogP) is 5.22. The van der Waals surface area contributed by atoms with Gasteiger partial charge in [-0.3, -0.25) is 4.79 Å². The Kier molecular flexibility index (Phi) is 7.41. The highest BCUT2D eigenvalue weighted by atomic mass is 35.5. The molecular formula is C20H20Cl2N4O2S. The van der Waals surface area contributed by atoms with Crippen molar-refractivity contribution in [3.8, 4) is 5.75 Å². The molecule has 3 rings (SSSR count). The van der Waals surface area contributed by atoms with Crippen molar-refractivity contribution >= 4 is 46.6 Å². The monoisotopic (exact) mass is 450 g/mol. The van der Waals surface area contributed by atoms with Gasteiger partial charge >= 0.3 is 0 Å². The van der Waals surface area contributed by atoms with Crippen molar-refractivity contribution < 1.29 is 9.53 Å². The minimum Gasteiger partial charge on any atom is -0.484 e. The van der Waals surface area contributed by atoms with Crippen molar-refractivity contribution in [2.45, 2.75) is 32.2 Å². The lowest BCUT2D eigenvalue weighted by atomic mass is 10.2. The van der Waals surface area contributed by atoms with Gasteiger partial charge in [0.25, 0.3) is 0 Å². The summed E-state index contributed by atoms with van der Waals surface area (Å²) in [5.74, 6) is 1.25. The van der Waals surface area contributed by atoms with Gasteiger partial charge < -0.3 is 14.6 Å². The van der Waals surface area contributed by atoms with E-state index in [0.717, 1.165) is 11.3 Å². The maximum Gasteiger partial charge on any atom is 0.234 e. The van der Waals surface area contributed by atoms with Gasteiger partial charge in [-0.1, -0.05) is 52.7 Å². The van der Waals surface area contributed by atoms with Crippen molar-refractivity contribution in [3.05, 3.63) is 63.9 Å². The fourth-order valence-electron chi connectivity index (χ4n) is 2.54. The second-order valence-electron chi connectivity index (χ2n) is 6.21. The molecule has 29 heavy (non-hydrogen) atoms. The van der Waals surface area contributed by atoms with Gasteiger partial charge in [-0.2, -0.15) is 0 Å². The van der Waals surface area contributed by atoms with E-state index in [2.05, 4.69) is 15.5 Å². The van der Waals surface area contributed by atoms with E-state index in [9.17, 15) is 4.79 Å². The maximum atomic E-state index is 12.2. The van der Waals surface area contributed by atoms with Crippen molar-refractivity contribution in [1.29, 1.82) is 0 Å². The van der Waals surface area contributed by atoms with E-state index in [-0.39, 0.29) is 18.3 Å². The normalized spacial score (nSPS) is 10.8. The molecule has 1 N–H and O–H groups in total. The quantitative estimate of drug-likeness (QED) is 0.476. The molecule has 0 bridgehead atoms. The second kappa shape index (κ2) is 10.0. The van der Waals surface area contributed by atoms with Crippen molar-refractivity contribution in [3.63, 3.8) is 0 Å². The summed E-state index contributed by atoms with van der Waals surface area (Å²) in [7, 11) is 0. The fourth-order valence-corrected chi connectivity index (χ4v) is 3.70. The van der Waals surface area contributed by atoms with Crippen LogP contribution >= 0.6 is 35.0 Å². The fraction of sp³-hybridized carbons (Fsp3) is 0.250. The molecule has 152 valence electrons. The number of aryl methyl sites for hydroxylation is 1. The molecule has 0 radical (unpaired) electrons. The molecule has 0 aliphatic carbocycles. The van der Waals surface area contributed by atoms with E-state index in [0.29, 0.717) is 33.3 Å². The number of hydrogen-bond donors (Lipinski definition) is 1. The predicted molar refractivity (Wildman–Crippen MR) is 117 cm³/mol. The van der Waals surface area contributed by atoms with Crippen LogP contribution in [0.3, 0.4) is 0 Å². The first-order chi connectivity index (χ1) is 14.0. The number of benzene rings is 2. The molecule has 0 atom stereocenters. The first-order valence-corrected chi connectivity index (χ1v) is 10.7. The highest BCUT2D eigenvalue weighted by molar-refractivity contribution is 7.99. The van der Waals surface area contributed by atoms with Crippen LogP contribution in [-0.4, -0.2) is 26.4 Å². The van der Waals surface area contributed by atoms with E-state index in [4.69, 9.17) is 27.9 Å².